The summed E-state index contributed by atoms with van der Waals surface area (Å²) in [6, 6.07) is 0. The first kappa shape index (κ1) is 48.4. The van der Waals surface area contributed by atoms with Gasteiger partial charge >= 0.3 is 8.60 Å². The highest BCUT2D eigenvalue weighted by molar-refractivity contribution is 8.12. The summed E-state index contributed by atoms with van der Waals surface area (Å²) in [5, 5.41) is 0. The molecular weight excluding hydrogens is 704 g/mol. The number of hydrogen-bond acceptors (Lipinski definition) is 9. The van der Waals surface area contributed by atoms with Crippen molar-refractivity contribution in [3.63, 3.8) is 0 Å². The van der Waals surface area contributed by atoms with Gasteiger partial charge in [-0.15, -0.1) is 0 Å². The molecule has 0 saturated carbocycles. The van der Waals surface area contributed by atoms with Crippen LogP contribution in [0.2, 0.25) is 0 Å². The molecule has 0 rings (SSSR count). The molecule has 3 nitrogen and oxygen atoms in total. The minimum atomic E-state index is -1.51. The van der Waals surface area contributed by atoms with Crippen LogP contribution < -0.4 is 0 Å². The summed E-state index contributed by atoms with van der Waals surface area (Å²) < 4.78 is 18.6. The Bertz CT molecular complexity index is 508. The van der Waals surface area contributed by atoms with Gasteiger partial charge in [-0.05, 0) is 19.3 Å². The summed E-state index contributed by atoms with van der Waals surface area (Å²) in [5.41, 5.74) is 0. The van der Waals surface area contributed by atoms with E-state index in [2.05, 4.69) is 20.8 Å². The molecule has 3 unspecified atom stereocenters. The number of hydrogen-bond donors (Lipinski definition) is 3. The minimum absolute atomic E-state index is 0.124. The molecule has 0 radical (unpaired) electrons. The lowest BCUT2D eigenvalue weighted by molar-refractivity contribution is 0.465. The van der Waals surface area contributed by atoms with Crippen LogP contribution in [0.3, 0.4) is 0 Å². The Morgan fingerprint density at radius 3 is 0.761 bits per heavy atom. The maximum Gasteiger partial charge on any atom is 0.369 e. The van der Waals surface area contributed by atoms with Gasteiger partial charge in [0.05, 0.1) is 13.7 Å². The van der Waals surface area contributed by atoms with E-state index in [1.165, 1.54) is 209 Å². The van der Waals surface area contributed by atoms with Crippen LogP contribution in [0.1, 0.15) is 213 Å². The topological polar surface area (TPSA) is 27.7 Å². The van der Waals surface area contributed by atoms with E-state index >= 15 is 0 Å². The van der Waals surface area contributed by atoms with Crippen LogP contribution in [0.15, 0.2) is 0 Å². The van der Waals surface area contributed by atoms with Crippen molar-refractivity contribution < 1.29 is 11.9 Å². The molecule has 3 atom stereocenters. The standard InChI is InChI=1S/C36H75O3PS6/c1-4-7-10-13-16-19-22-25-28-31-34(41)44-37-40(38-45-35(42)32-29-26-23-20-17-14-11-8-5-2)39-46-36(43)33-30-27-24-21-18-15-12-9-6-3/h34-36,41-43H,4-33H2,1-3H3. The summed E-state index contributed by atoms with van der Waals surface area (Å²) in [6.07, 6.45) is 39.2. The van der Waals surface area contributed by atoms with Crippen molar-refractivity contribution in [2.45, 2.75) is 227 Å². The average Bonchev–Trinajstić information content (AvgIpc) is 3.05. The molecule has 0 aliphatic carbocycles. The summed E-state index contributed by atoms with van der Waals surface area (Å²) >= 11 is 18.6. The largest absolute Gasteiger partial charge is 0.369 e. The van der Waals surface area contributed by atoms with Crippen molar-refractivity contribution in [3.05, 3.63) is 0 Å². The lowest BCUT2D eigenvalue weighted by atomic mass is 10.1. The first-order chi connectivity index (χ1) is 22.5. The quantitative estimate of drug-likeness (QED) is 0.0189. The van der Waals surface area contributed by atoms with E-state index in [1.807, 2.05) is 0 Å². The predicted molar refractivity (Wildman–Crippen MR) is 227 cm³/mol. The van der Waals surface area contributed by atoms with Crippen molar-refractivity contribution >= 4 is 82.6 Å². The molecule has 0 aromatic carbocycles. The molecule has 0 spiro atoms. The Morgan fingerprint density at radius 1 is 0.348 bits per heavy atom. The molecule has 10 heteroatoms. The van der Waals surface area contributed by atoms with Gasteiger partial charge in [-0.3, -0.25) is 0 Å². The van der Waals surface area contributed by atoms with Gasteiger partial charge in [-0.2, -0.15) is 37.9 Å². The normalized spacial score (nSPS) is 14.5. The Balaban J connectivity index is 4.31. The van der Waals surface area contributed by atoms with E-state index in [1.54, 1.807) is 0 Å². The molecule has 0 aromatic rings. The molecule has 278 valence electrons. The fourth-order valence-electron chi connectivity index (χ4n) is 5.32. The molecule has 0 aliphatic rings. The molecule has 0 saturated heterocycles. The second-order valence-corrected chi connectivity index (χ2v) is 20.4. The molecule has 0 heterocycles. The fourth-order valence-corrected chi connectivity index (χ4v) is 10.7. The fraction of sp³-hybridized carbons (Fsp3) is 1.00. The molecule has 0 bridgehead atoms. The van der Waals surface area contributed by atoms with Crippen LogP contribution in [-0.4, -0.2) is 13.7 Å². The van der Waals surface area contributed by atoms with Crippen molar-refractivity contribution in [3.8, 4) is 0 Å². The van der Waals surface area contributed by atoms with Gasteiger partial charge in [-0.25, -0.2) is 11.9 Å². The van der Waals surface area contributed by atoms with E-state index in [0.717, 1.165) is 19.3 Å². The van der Waals surface area contributed by atoms with Crippen LogP contribution in [0.5, 0.6) is 0 Å². The van der Waals surface area contributed by atoms with Gasteiger partial charge in [0, 0.05) is 36.1 Å². The highest BCUT2D eigenvalue weighted by Crippen LogP contribution is 2.53. The van der Waals surface area contributed by atoms with Crippen LogP contribution in [0.4, 0.5) is 0 Å². The second-order valence-electron chi connectivity index (χ2n) is 13.0. The first-order valence-electron chi connectivity index (χ1n) is 19.4. The molecule has 46 heavy (non-hydrogen) atoms. The first-order valence-corrected chi connectivity index (χ1v) is 24.4. The smallest absolute Gasteiger partial charge is 0.238 e. The average molecular weight is 779 g/mol. The molecule has 0 amide bonds. The lowest BCUT2D eigenvalue weighted by Crippen LogP contribution is -1.98. The molecule has 0 fully saturated rings. The highest BCUT2D eigenvalue weighted by atomic mass is 32.2. The Labute approximate surface area is 319 Å². The molecule has 0 aliphatic heterocycles. The third kappa shape index (κ3) is 37.7. The second kappa shape index (κ2) is 40.2. The third-order valence-corrected chi connectivity index (χ3v) is 13.7. The molecular formula is C36H75O3PS6. The van der Waals surface area contributed by atoms with E-state index in [0.29, 0.717) is 0 Å². The van der Waals surface area contributed by atoms with E-state index in [4.69, 9.17) is 49.8 Å². The van der Waals surface area contributed by atoms with Crippen LogP contribution in [0, 0.1) is 0 Å². The zero-order chi connectivity index (χ0) is 33.8. The van der Waals surface area contributed by atoms with Gasteiger partial charge in [0.2, 0.25) is 0 Å². The van der Waals surface area contributed by atoms with Crippen LogP contribution >= 0.6 is 82.6 Å². The zero-order valence-electron chi connectivity index (χ0n) is 30.2. The summed E-state index contributed by atoms with van der Waals surface area (Å²) in [7, 11) is -1.51. The highest BCUT2D eigenvalue weighted by Gasteiger charge is 2.21. The van der Waals surface area contributed by atoms with Gasteiger partial charge in [0.25, 0.3) is 0 Å². The van der Waals surface area contributed by atoms with Crippen molar-refractivity contribution in [1.82, 2.24) is 0 Å². The number of rotatable bonds is 39. The predicted octanol–water partition coefficient (Wildman–Crippen LogP) is 16.7. The lowest BCUT2D eigenvalue weighted by Gasteiger charge is -2.19. The van der Waals surface area contributed by atoms with Gasteiger partial charge < -0.3 is 0 Å². The molecule has 0 aromatic heterocycles. The monoisotopic (exact) mass is 778 g/mol. The SMILES string of the molecule is CCCCCCCCCCCC(S)SOP(OSC(S)CCCCCCCCCCC)OSC(S)CCCCCCCCCCC. The maximum absolute atomic E-state index is 6.08. The Morgan fingerprint density at radius 2 is 0.543 bits per heavy atom. The minimum Gasteiger partial charge on any atom is -0.238 e. The van der Waals surface area contributed by atoms with Gasteiger partial charge in [-0.1, -0.05) is 194 Å². The van der Waals surface area contributed by atoms with E-state index < -0.39 is 8.60 Å². The van der Waals surface area contributed by atoms with Crippen molar-refractivity contribution in [2.75, 3.05) is 0 Å². The van der Waals surface area contributed by atoms with E-state index in [9.17, 15) is 0 Å². The summed E-state index contributed by atoms with van der Waals surface area (Å²) in [4.78, 5) is 0. The number of thiol groups is 3. The summed E-state index contributed by atoms with van der Waals surface area (Å²) in [5.74, 6) is 0. The number of unbranched alkanes of at least 4 members (excludes halogenated alkanes) is 24. The molecule has 0 N–H and O–H groups in total. The third-order valence-electron chi connectivity index (χ3n) is 8.31. The van der Waals surface area contributed by atoms with Crippen LogP contribution in [0.25, 0.3) is 0 Å². The Kier molecular flexibility index (Phi) is 42.3. The zero-order valence-corrected chi connectivity index (χ0v) is 36.2. The maximum atomic E-state index is 6.08. The van der Waals surface area contributed by atoms with Crippen LogP contribution in [-0.2, 0) is 11.9 Å². The van der Waals surface area contributed by atoms with Crippen molar-refractivity contribution in [1.29, 1.82) is 0 Å². The van der Waals surface area contributed by atoms with Gasteiger partial charge in [0.15, 0.2) is 0 Å². The van der Waals surface area contributed by atoms with Crippen molar-refractivity contribution in [2.24, 2.45) is 0 Å². The Hall–Kier alpha value is 2.41. The van der Waals surface area contributed by atoms with E-state index in [-0.39, 0.29) is 13.7 Å². The van der Waals surface area contributed by atoms with Gasteiger partial charge in [0.1, 0.15) is 0 Å². The summed E-state index contributed by atoms with van der Waals surface area (Å²) in [6.45, 7) is 6.84.